The molecule has 0 heterocycles. The van der Waals surface area contributed by atoms with Crippen molar-refractivity contribution in [2.45, 2.75) is 6.92 Å². The first-order valence-corrected chi connectivity index (χ1v) is 6.52. The van der Waals surface area contributed by atoms with Gasteiger partial charge in [-0.3, -0.25) is 13.8 Å². The van der Waals surface area contributed by atoms with Crippen molar-refractivity contribution in [3.63, 3.8) is 0 Å². The van der Waals surface area contributed by atoms with E-state index in [0.717, 1.165) is 0 Å². The van der Waals surface area contributed by atoms with Crippen LogP contribution in [-0.2, 0) is 18.4 Å². The SMILES string of the molecule is CC(=O)NCCOP(=O)(O)OCCBr. The Morgan fingerprint density at radius 3 is 2.57 bits per heavy atom. The molecule has 0 fully saturated rings. The lowest BCUT2D eigenvalue weighted by Crippen LogP contribution is -2.24. The minimum absolute atomic E-state index is 0.0599. The molecule has 0 saturated carbocycles. The second-order valence-electron chi connectivity index (χ2n) is 2.31. The van der Waals surface area contributed by atoms with Crippen LogP contribution in [0.1, 0.15) is 6.92 Å². The highest BCUT2D eigenvalue weighted by Gasteiger charge is 2.19. The highest BCUT2D eigenvalue weighted by Crippen LogP contribution is 2.42. The van der Waals surface area contributed by atoms with Gasteiger partial charge in [0.25, 0.3) is 0 Å². The largest absolute Gasteiger partial charge is 0.472 e. The van der Waals surface area contributed by atoms with Crippen molar-refractivity contribution in [2.75, 3.05) is 25.1 Å². The van der Waals surface area contributed by atoms with Gasteiger partial charge in [-0.1, -0.05) is 15.9 Å². The Morgan fingerprint density at radius 1 is 1.50 bits per heavy atom. The predicted octanol–water partition coefficient (Wildman–Crippen LogP) is 0.651. The third-order valence-electron chi connectivity index (χ3n) is 1.06. The van der Waals surface area contributed by atoms with Crippen LogP contribution < -0.4 is 5.32 Å². The number of alkyl halides is 1. The first kappa shape index (κ1) is 14.1. The minimum atomic E-state index is -3.95. The number of carbonyl (C=O) groups is 1. The first-order chi connectivity index (χ1) is 6.48. The molecule has 1 atom stereocenters. The average Bonchev–Trinajstić information content (AvgIpc) is 2.09. The van der Waals surface area contributed by atoms with Gasteiger partial charge in [0, 0.05) is 18.8 Å². The zero-order chi connectivity index (χ0) is 11.0. The Morgan fingerprint density at radius 2 is 2.07 bits per heavy atom. The van der Waals surface area contributed by atoms with Gasteiger partial charge in [0.2, 0.25) is 5.91 Å². The summed E-state index contributed by atoms with van der Waals surface area (Å²) in [6, 6.07) is 0. The van der Waals surface area contributed by atoms with E-state index >= 15 is 0 Å². The van der Waals surface area contributed by atoms with E-state index in [9.17, 15) is 9.36 Å². The quantitative estimate of drug-likeness (QED) is 0.408. The van der Waals surface area contributed by atoms with Crippen LogP contribution in [0.5, 0.6) is 0 Å². The molecule has 1 amide bonds. The van der Waals surface area contributed by atoms with Gasteiger partial charge in [0.1, 0.15) is 0 Å². The molecule has 0 aromatic heterocycles. The van der Waals surface area contributed by atoms with Gasteiger partial charge in [-0.2, -0.15) is 0 Å². The van der Waals surface area contributed by atoms with Crippen molar-refractivity contribution in [1.82, 2.24) is 5.32 Å². The number of nitrogens with one attached hydrogen (secondary N) is 1. The normalized spacial score (nSPS) is 14.8. The summed E-state index contributed by atoms with van der Waals surface area (Å²) >= 11 is 3.03. The number of phosphoric ester groups is 1. The van der Waals surface area contributed by atoms with Crippen LogP contribution in [0.2, 0.25) is 0 Å². The van der Waals surface area contributed by atoms with Crippen molar-refractivity contribution < 1.29 is 23.3 Å². The fourth-order valence-electron chi connectivity index (χ4n) is 0.575. The average molecular weight is 290 g/mol. The van der Waals surface area contributed by atoms with E-state index < -0.39 is 7.82 Å². The zero-order valence-electron chi connectivity index (χ0n) is 7.73. The monoisotopic (exact) mass is 289 g/mol. The molecule has 0 radical (unpaired) electrons. The summed E-state index contributed by atoms with van der Waals surface area (Å²) in [4.78, 5) is 19.4. The van der Waals surface area contributed by atoms with Gasteiger partial charge >= 0.3 is 7.82 Å². The lowest BCUT2D eigenvalue weighted by Gasteiger charge is -2.10. The van der Waals surface area contributed by atoms with Crippen molar-refractivity contribution in [3.8, 4) is 0 Å². The third kappa shape index (κ3) is 8.65. The summed E-state index contributed by atoms with van der Waals surface area (Å²) in [6.07, 6.45) is 0. The maximum Gasteiger partial charge on any atom is 0.472 e. The Bertz CT molecular complexity index is 224. The van der Waals surface area contributed by atoms with Crippen LogP contribution in [0.25, 0.3) is 0 Å². The van der Waals surface area contributed by atoms with Crippen molar-refractivity contribution in [2.24, 2.45) is 0 Å². The number of amides is 1. The van der Waals surface area contributed by atoms with Crippen LogP contribution in [0, 0.1) is 0 Å². The van der Waals surface area contributed by atoms with E-state index in [2.05, 4.69) is 30.3 Å². The van der Waals surface area contributed by atoms with E-state index in [-0.39, 0.29) is 25.7 Å². The molecule has 0 aliphatic heterocycles. The standard InChI is InChI=1S/C6H13BrNO5P/c1-6(9)8-3-5-13-14(10,11)12-4-2-7/h2-5H2,1H3,(H,8,9)(H,10,11). The summed E-state index contributed by atoms with van der Waals surface area (Å²) in [5.41, 5.74) is 0. The Hall–Kier alpha value is 0.0600. The molecule has 0 saturated heterocycles. The molecule has 0 aliphatic rings. The number of phosphoric acid groups is 1. The van der Waals surface area contributed by atoms with Gasteiger partial charge in [-0.15, -0.1) is 0 Å². The van der Waals surface area contributed by atoms with Crippen LogP contribution in [-0.4, -0.2) is 35.9 Å². The molecule has 8 heteroatoms. The summed E-state index contributed by atoms with van der Waals surface area (Å²) < 4.78 is 20.0. The molecular weight excluding hydrogens is 277 g/mol. The number of hydrogen-bond acceptors (Lipinski definition) is 4. The maximum atomic E-state index is 11.0. The minimum Gasteiger partial charge on any atom is -0.354 e. The van der Waals surface area contributed by atoms with Crippen molar-refractivity contribution >= 4 is 29.7 Å². The fraction of sp³-hybridized carbons (Fsp3) is 0.833. The van der Waals surface area contributed by atoms with E-state index in [1.807, 2.05) is 0 Å². The molecule has 2 N–H and O–H groups in total. The Balaban J connectivity index is 3.55. The van der Waals surface area contributed by atoms with Crippen LogP contribution in [0.4, 0.5) is 0 Å². The smallest absolute Gasteiger partial charge is 0.354 e. The topological polar surface area (TPSA) is 84.9 Å². The molecule has 0 aromatic rings. The predicted molar refractivity (Wildman–Crippen MR) is 54.2 cm³/mol. The maximum absolute atomic E-state index is 11.0. The fourth-order valence-corrected chi connectivity index (χ4v) is 1.71. The number of hydrogen-bond donors (Lipinski definition) is 2. The highest BCUT2D eigenvalue weighted by atomic mass is 79.9. The van der Waals surface area contributed by atoms with E-state index in [4.69, 9.17) is 4.89 Å². The summed E-state index contributed by atoms with van der Waals surface area (Å²) in [5.74, 6) is -0.220. The second-order valence-corrected chi connectivity index (χ2v) is 4.55. The first-order valence-electron chi connectivity index (χ1n) is 3.90. The molecule has 1 unspecified atom stereocenters. The Labute approximate surface area is 90.7 Å². The van der Waals surface area contributed by atoms with Gasteiger partial charge in [-0.25, -0.2) is 4.57 Å². The van der Waals surface area contributed by atoms with Crippen molar-refractivity contribution in [3.05, 3.63) is 0 Å². The number of rotatable bonds is 7. The molecule has 0 rings (SSSR count). The zero-order valence-corrected chi connectivity index (χ0v) is 10.2. The lowest BCUT2D eigenvalue weighted by molar-refractivity contribution is -0.119. The summed E-state index contributed by atoms with van der Waals surface area (Å²) in [6.45, 7) is 1.56. The lowest BCUT2D eigenvalue weighted by atomic mass is 10.6. The molecule has 0 bridgehead atoms. The molecule has 84 valence electrons. The van der Waals surface area contributed by atoms with E-state index in [1.165, 1.54) is 6.92 Å². The third-order valence-corrected chi connectivity index (χ3v) is 2.40. The number of halogens is 1. The van der Waals surface area contributed by atoms with Gasteiger partial charge in [0.05, 0.1) is 13.2 Å². The van der Waals surface area contributed by atoms with Crippen LogP contribution in [0.15, 0.2) is 0 Å². The Kier molecular flexibility index (Phi) is 7.40. The van der Waals surface area contributed by atoms with Gasteiger partial charge < -0.3 is 10.2 Å². The van der Waals surface area contributed by atoms with Gasteiger partial charge in [0.15, 0.2) is 0 Å². The van der Waals surface area contributed by atoms with E-state index in [1.54, 1.807) is 0 Å². The molecule has 14 heavy (non-hydrogen) atoms. The molecule has 0 aliphatic carbocycles. The molecule has 0 spiro atoms. The van der Waals surface area contributed by atoms with E-state index in [0.29, 0.717) is 5.33 Å². The summed E-state index contributed by atoms with van der Waals surface area (Å²) in [5, 5.41) is 2.86. The van der Waals surface area contributed by atoms with Crippen LogP contribution >= 0.6 is 23.8 Å². The second kappa shape index (κ2) is 7.36. The number of carbonyl (C=O) groups excluding carboxylic acids is 1. The van der Waals surface area contributed by atoms with Crippen molar-refractivity contribution in [1.29, 1.82) is 0 Å². The van der Waals surface area contributed by atoms with Crippen LogP contribution in [0.3, 0.4) is 0 Å². The molecule has 0 aromatic carbocycles. The van der Waals surface area contributed by atoms with Gasteiger partial charge in [-0.05, 0) is 0 Å². The highest BCUT2D eigenvalue weighted by molar-refractivity contribution is 9.09. The summed E-state index contributed by atoms with van der Waals surface area (Å²) in [7, 11) is -3.95. The molecular formula is C6H13BrNO5P. The molecule has 6 nitrogen and oxygen atoms in total.